The molecule has 1 heterocycles. The lowest BCUT2D eigenvalue weighted by Crippen LogP contribution is -2.09. The van der Waals surface area contributed by atoms with Crippen molar-refractivity contribution >= 4 is 17.5 Å². The Kier molecular flexibility index (Phi) is 6.62. The number of ether oxygens (including phenoxy) is 3. The number of nitrogens with one attached hydrogen (secondary N) is 2. The Bertz CT molecular complexity index is 664. The van der Waals surface area contributed by atoms with Gasteiger partial charge in [0, 0.05) is 43.8 Å². The van der Waals surface area contributed by atoms with E-state index >= 15 is 0 Å². The molecule has 7 nitrogen and oxygen atoms in total. The molecule has 0 aliphatic rings. The summed E-state index contributed by atoms with van der Waals surface area (Å²) in [7, 11) is 4.91. The number of anilines is 3. The van der Waals surface area contributed by atoms with Crippen LogP contribution in [0.1, 0.15) is 12.1 Å². The molecule has 0 aliphatic carbocycles. The lowest BCUT2D eigenvalue weighted by atomic mass is 10.2. The number of methoxy groups -OCH3 is 3. The predicted octanol–water partition coefficient (Wildman–Crippen LogP) is 2.99. The highest BCUT2D eigenvalue weighted by molar-refractivity contribution is 5.62. The summed E-state index contributed by atoms with van der Waals surface area (Å²) >= 11 is 0. The van der Waals surface area contributed by atoms with Crippen molar-refractivity contribution in [3.8, 4) is 11.5 Å². The first kappa shape index (κ1) is 17.8. The van der Waals surface area contributed by atoms with Gasteiger partial charge in [-0.15, -0.1) is 0 Å². The highest BCUT2D eigenvalue weighted by atomic mass is 16.5. The second-order valence-electron chi connectivity index (χ2n) is 5.19. The van der Waals surface area contributed by atoms with Gasteiger partial charge in [-0.25, -0.2) is 4.98 Å². The Morgan fingerprint density at radius 1 is 1.00 bits per heavy atom. The molecule has 2 N–H and O–H groups in total. The summed E-state index contributed by atoms with van der Waals surface area (Å²) in [6.45, 7) is 3.39. The lowest BCUT2D eigenvalue weighted by Gasteiger charge is -2.12. The Morgan fingerprint density at radius 3 is 2.50 bits per heavy atom. The van der Waals surface area contributed by atoms with E-state index in [1.807, 2.05) is 31.2 Å². The van der Waals surface area contributed by atoms with Crippen molar-refractivity contribution in [3.63, 3.8) is 0 Å². The van der Waals surface area contributed by atoms with Gasteiger partial charge in [0.25, 0.3) is 0 Å². The van der Waals surface area contributed by atoms with Gasteiger partial charge in [-0.05, 0) is 25.5 Å². The predicted molar refractivity (Wildman–Crippen MR) is 94.6 cm³/mol. The van der Waals surface area contributed by atoms with Gasteiger partial charge in [0.15, 0.2) is 11.5 Å². The summed E-state index contributed by atoms with van der Waals surface area (Å²) in [5.74, 6) is 2.65. The maximum atomic E-state index is 5.32. The van der Waals surface area contributed by atoms with E-state index in [0.717, 1.165) is 24.3 Å². The summed E-state index contributed by atoms with van der Waals surface area (Å²) in [5.41, 5.74) is 1.73. The molecule has 0 saturated carbocycles. The first-order chi connectivity index (χ1) is 11.7. The van der Waals surface area contributed by atoms with E-state index < -0.39 is 0 Å². The minimum atomic E-state index is 0.592. The topological polar surface area (TPSA) is 77.5 Å². The molecule has 0 fully saturated rings. The minimum absolute atomic E-state index is 0.592. The second-order valence-corrected chi connectivity index (χ2v) is 5.19. The molecule has 2 aromatic rings. The van der Waals surface area contributed by atoms with Crippen molar-refractivity contribution in [3.05, 3.63) is 30.0 Å². The largest absolute Gasteiger partial charge is 0.493 e. The molecule has 0 radical (unpaired) electrons. The van der Waals surface area contributed by atoms with Crippen LogP contribution in [-0.4, -0.2) is 44.4 Å². The number of rotatable bonds is 9. The van der Waals surface area contributed by atoms with E-state index in [0.29, 0.717) is 29.9 Å². The molecule has 2 rings (SSSR count). The van der Waals surface area contributed by atoms with Gasteiger partial charge in [0.2, 0.25) is 5.95 Å². The van der Waals surface area contributed by atoms with E-state index in [1.165, 1.54) is 0 Å². The fourth-order valence-electron chi connectivity index (χ4n) is 2.19. The van der Waals surface area contributed by atoms with Gasteiger partial charge < -0.3 is 24.8 Å². The van der Waals surface area contributed by atoms with E-state index in [4.69, 9.17) is 14.2 Å². The smallest absolute Gasteiger partial charge is 0.224 e. The Balaban J connectivity index is 2.10. The van der Waals surface area contributed by atoms with Crippen LogP contribution in [0.5, 0.6) is 11.5 Å². The summed E-state index contributed by atoms with van der Waals surface area (Å²) in [6.07, 6.45) is 0.895. The van der Waals surface area contributed by atoms with Crippen LogP contribution in [0.3, 0.4) is 0 Å². The summed E-state index contributed by atoms with van der Waals surface area (Å²) in [5, 5.41) is 6.46. The van der Waals surface area contributed by atoms with Crippen LogP contribution >= 0.6 is 0 Å². The average Bonchev–Trinajstić information content (AvgIpc) is 2.58. The van der Waals surface area contributed by atoms with Gasteiger partial charge in [-0.1, -0.05) is 0 Å². The van der Waals surface area contributed by atoms with Crippen LogP contribution in [0.15, 0.2) is 24.3 Å². The van der Waals surface area contributed by atoms with Crippen molar-refractivity contribution < 1.29 is 14.2 Å². The Hall–Kier alpha value is -2.54. The van der Waals surface area contributed by atoms with Crippen molar-refractivity contribution in [1.82, 2.24) is 9.97 Å². The van der Waals surface area contributed by atoms with Gasteiger partial charge in [-0.2, -0.15) is 4.98 Å². The maximum Gasteiger partial charge on any atom is 0.224 e. The molecule has 130 valence electrons. The summed E-state index contributed by atoms with van der Waals surface area (Å²) in [4.78, 5) is 8.86. The molecular weight excluding hydrogens is 308 g/mol. The molecule has 1 aromatic heterocycles. The molecule has 7 heteroatoms. The van der Waals surface area contributed by atoms with Gasteiger partial charge in [0.05, 0.1) is 14.2 Å². The zero-order valence-electron chi connectivity index (χ0n) is 14.5. The first-order valence-corrected chi connectivity index (χ1v) is 7.74. The van der Waals surface area contributed by atoms with Crippen LogP contribution in [0.2, 0.25) is 0 Å². The number of aryl methyl sites for hydroxylation is 1. The lowest BCUT2D eigenvalue weighted by molar-refractivity contribution is 0.197. The number of hydrogen-bond acceptors (Lipinski definition) is 7. The van der Waals surface area contributed by atoms with Crippen LogP contribution in [0.25, 0.3) is 0 Å². The number of aromatic nitrogens is 2. The van der Waals surface area contributed by atoms with Gasteiger partial charge in [-0.3, -0.25) is 0 Å². The minimum Gasteiger partial charge on any atom is -0.493 e. The third-order valence-corrected chi connectivity index (χ3v) is 3.32. The first-order valence-electron chi connectivity index (χ1n) is 7.74. The van der Waals surface area contributed by atoms with Crippen LogP contribution in [0, 0.1) is 6.92 Å². The fourth-order valence-corrected chi connectivity index (χ4v) is 2.19. The molecule has 1 aromatic carbocycles. The van der Waals surface area contributed by atoms with E-state index in [-0.39, 0.29) is 0 Å². The molecular formula is C17H24N4O3. The second kappa shape index (κ2) is 8.93. The van der Waals surface area contributed by atoms with Crippen LogP contribution in [-0.2, 0) is 4.74 Å². The van der Waals surface area contributed by atoms with Crippen molar-refractivity contribution in [1.29, 1.82) is 0 Å². The third kappa shape index (κ3) is 4.99. The molecule has 0 bridgehead atoms. The van der Waals surface area contributed by atoms with Crippen molar-refractivity contribution in [2.24, 2.45) is 0 Å². The SMILES string of the molecule is COCCCNc1nc(C)cc(Nc2ccc(OC)c(OC)c2)n1. The fraction of sp³-hybridized carbons (Fsp3) is 0.412. The average molecular weight is 332 g/mol. The normalized spacial score (nSPS) is 10.3. The highest BCUT2D eigenvalue weighted by Gasteiger charge is 2.07. The van der Waals surface area contributed by atoms with Crippen molar-refractivity contribution in [2.75, 3.05) is 45.1 Å². The van der Waals surface area contributed by atoms with E-state index in [2.05, 4.69) is 20.6 Å². The highest BCUT2D eigenvalue weighted by Crippen LogP contribution is 2.30. The van der Waals surface area contributed by atoms with Crippen LogP contribution in [0.4, 0.5) is 17.5 Å². The molecule has 0 unspecified atom stereocenters. The number of benzene rings is 1. The van der Waals surface area contributed by atoms with E-state index in [1.54, 1.807) is 21.3 Å². The number of hydrogen-bond donors (Lipinski definition) is 2. The molecule has 24 heavy (non-hydrogen) atoms. The summed E-state index contributed by atoms with van der Waals surface area (Å²) < 4.78 is 15.6. The van der Waals surface area contributed by atoms with Gasteiger partial charge >= 0.3 is 0 Å². The van der Waals surface area contributed by atoms with Gasteiger partial charge in [0.1, 0.15) is 5.82 Å². The molecule has 0 saturated heterocycles. The Morgan fingerprint density at radius 2 is 1.79 bits per heavy atom. The maximum absolute atomic E-state index is 5.32. The molecule has 0 aliphatic heterocycles. The standard InChI is InChI=1S/C17H24N4O3/c1-12-10-16(21-17(19-12)18-8-5-9-22-2)20-13-6-7-14(23-3)15(11-13)24-4/h6-7,10-11H,5,8-9H2,1-4H3,(H2,18,19,20,21). The third-order valence-electron chi connectivity index (χ3n) is 3.32. The molecule has 0 atom stereocenters. The Labute approximate surface area is 142 Å². The zero-order valence-corrected chi connectivity index (χ0v) is 14.5. The van der Waals surface area contributed by atoms with Crippen molar-refractivity contribution in [2.45, 2.75) is 13.3 Å². The quantitative estimate of drug-likeness (QED) is 0.684. The monoisotopic (exact) mass is 332 g/mol. The van der Waals surface area contributed by atoms with Crippen LogP contribution < -0.4 is 20.1 Å². The molecule has 0 amide bonds. The molecule has 0 spiro atoms. The summed E-state index contributed by atoms with van der Waals surface area (Å²) in [6, 6.07) is 7.50. The number of nitrogens with zero attached hydrogens (tertiary/aromatic N) is 2. The van der Waals surface area contributed by atoms with E-state index in [9.17, 15) is 0 Å². The zero-order chi connectivity index (χ0) is 17.4.